The Hall–Kier alpha value is -3.66. The first-order chi connectivity index (χ1) is 21.2. The molecule has 0 unspecified atom stereocenters. The van der Waals surface area contributed by atoms with Gasteiger partial charge in [-0.25, -0.2) is 9.69 Å². The molecule has 3 heterocycles. The van der Waals surface area contributed by atoms with Crippen molar-refractivity contribution in [2.75, 3.05) is 53.0 Å². The summed E-state index contributed by atoms with van der Waals surface area (Å²) in [6.45, 7) is 1.86. The van der Waals surface area contributed by atoms with Gasteiger partial charge in [0.2, 0.25) is 0 Å². The van der Waals surface area contributed by atoms with E-state index in [0.29, 0.717) is 66.1 Å². The minimum atomic E-state index is -1.05. The van der Waals surface area contributed by atoms with Gasteiger partial charge in [0.15, 0.2) is 23.0 Å². The summed E-state index contributed by atoms with van der Waals surface area (Å²) in [6, 6.07) is 14.2. The number of fused-ring (bicyclic) bond motifs is 3. The molecule has 232 valence electrons. The number of carbonyl (C=O) groups is 2. The number of hydrogen-bond acceptors (Lipinski definition) is 7. The van der Waals surface area contributed by atoms with Crippen LogP contribution in [0.5, 0.6) is 23.0 Å². The first-order valence-electron chi connectivity index (χ1n) is 14.6. The van der Waals surface area contributed by atoms with E-state index in [0.717, 1.165) is 29.7 Å². The number of imide groups is 1. The number of piperidine rings is 1. The van der Waals surface area contributed by atoms with Crippen LogP contribution in [0.15, 0.2) is 48.5 Å². The molecular weight excluding hydrogens is 605 g/mol. The zero-order valence-electron chi connectivity index (χ0n) is 25.2. The summed E-state index contributed by atoms with van der Waals surface area (Å²) in [5.41, 5.74) is 2.57. The van der Waals surface area contributed by atoms with Crippen LogP contribution in [0.1, 0.15) is 35.6 Å². The normalized spacial score (nSPS) is 21.4. The van der Waals surface area contributed by atoms with Gasteiger partial charge in [0.05, 0.1) is 44.2 Å². The van der Waals surface area contributed by atoms with Crippen LogP contribution in [-0.4, -0.2) is 75.4 Å². The summed E-state index contributed by atoms with van der Waals surface area (Å²) < 4.78 is 22.1. The van der Waals surface area contributed by atoms with Crippen LogP contribution < -0.4 is 23.8 Å². The molecule has 2 fully saturated rings. The van der Waals surface area contributed by atoms with Gasteiger partial charge in [0, 0.05) is 25.7 Å². The van der Waals surface area contributed by atoms with E-state index in [1.165, 1.54) is 4.90 Å². The number of hydrogen-bond donors (Lipinski definition) is 0. The second-order valence-corrected chi connectivity index (χ2v) is 12.1. The first kappa shape index (κ1) is 30.4. The Morgan fingerprint density at radius 2 is 1.52 bits per heavy atom. The highest BCUT2D eigenvalue weighted by atomic mass is 35.5. The fourth-order valence-corrected chi connectivity index (χ4v) is 7.22. The molecule has 3 aromatic rings. The van der Waals surface area contributed by atoms with Gasteiger partial charge < -0.3 is 23.8 Å². The lowest BCUT2D eigenvalue weighted by Gasteiger charge is -2.49. The molecule has 0 aliphatic carbocycles. The van der Waals surface area contributed by atoms with E-state index >= 15 is 0 Å². The molecule has 0 saturated carbocycles. The molecule has 3 amide bonds. The number of benzene rings is 3. The molecule has 3 aliphatic rings. The predicted octanol–water partition coefficient (Wildman–Crippen LogP) is 6.17. The maximum absolute atomic E-state index is 14.6. The van der Waals surface area contributed by atoms with E-state index < -0.39 is 5.54 Å². The molecule has 9 nitrogen and oxygen atoms in total. The van der Waals surface area contributed by atoms with Crippen molar-refractivity contribution in [3.05, 3.63) is 75.3 Å². The zero-order valence-corrected chi connectivity index (χ0v) is 26.7. The van der Waals surface area contributed by atoms with Crippen LogP contribution in [0, 0.1) is 0 Å². The van der Waals surface area contributed by atoms with Gasteiger partial charge in [-0.2, -0.15) is 0 Å². The Morgan fingerprint density at radius 1 is 0.818 bits per heavy atom. The summed E-state index contributed by atoms with van der Waals surface area (Å²) in [7, 11) is 6.44. The first-order valence-corrected chi connectivity index (χ1v) is 15.3. The van der Waals surface area contributed by atoms with Gasteiger partial charge in [-0.1, -0.05) is 29.3 Å². The SMILES string of the molecule is COc1ccc(CCN2C(=O)N(c3ccc(Cl)c(Cl)c3)C(=O)[C@]23CCN2CCc4cc(OC)c(OC)cc4[C@@H]2C3)cc1OC. The van der Waals surface area contributed by atoms with Crippen molar-refractivity contribution >= 4 is 40.8 Å². The van der Waals surface area contributed by atoms with Crippen molar-refractivity contribution in [3.8, 4) is 23.0 Å². The molecule has 6 rings (SSSR count). The standard InChI is InChI=1S/C33H35Cl2N3O6/c1-41-27-8-5-20(15-28(27)42-2)9-13-37-32(40)38(22-6-7-24(34)25(35)17-22)31(39)33(37)11-14-36-12-10-21-16-29(43-3)30(44-4)18-23(21)26(36)19-33/h5-8,15-18,26H,9-14,19H2,1-4H3/t26-,33+/m0/s1. The predicted molar refractivity (Wildman–Crippen MR) is 169 cm³/mol. The van der Waals surface area contributed by atoms with E-state index in [2.05, 4.69) is 4.90 Å². The number of rotatable bonds is 8. The average Bonchev–Trinajstić information content (AvgIpc) is 3.24. The van der Waals surface area contributed by atoms with Gasteiger partial charge in [-0.15, -0.1) is 0 Å². The van der Waals surface area contributed by atoms with E-state index in [1.807, 2.05) is 30.3 Å². The smallest absolute Gasteiger partial charge is 0.332 e. The van der Waals surface area contributed by atoms with Crippen molar-refractivity contribution < 1.29 is 28.5 Å². The number of nitrogens with zero attached hydrogens (tertiary/aromatic N) is 3. The molecule has 0 radical (unpaired) electrons. The second kappa shape index (κ2) is 12.0. The Kier molecular flexibility index (Phi) is 8.30. The van der Waals surface area contributed by atoms with E-state index in [1.54, 1.807) is 51.5 Å². The monoisotopic (exact) mass is 639 g/mol. The van der Waals surface area contributed by atoms with E-state index in [4.69, 9.17) is 42.1 Å². The largest absolute Gasteiger partial charge is 0.493 e. The molecule has 0 aromatic heterocycles. The third-order valence-corrected chi connectivity index (χ3v) is 9.97. The molecule has 0 bridgehead atoms. The van der Waals surface area contributed by atoms with Gasteiger partial charge in [-0.3, -0.25) is 9.69 Å². The summed E-state index contributed by atoms with van der Waals surface area (Å²) in [4.78, 5) is 34.3. The van der Waals surface area contributed by atoms with Crippen molar-refractivity contribution in [2.24, 2.45) is 0 Å². The Bertz CT molecular complexity index is 1620. The molecular formula is C33H35Cl2N3O6. The fraction of sp³-hybridized carbons (Fsp3) is 0.394. The van der Waals surface area contributed by atoms with Crippen molar-refractivity contribution in [2.45, 2.75) is 37.3 Å². The number of urea groups is 1. The molecule has 3 aromatic carbocycles. The Balaban J connectivity index is 1.39. The lowest BCUT2D eigenvalue weighted by molar-refractivity contribution is -0.129. The third-order valence-electron chi connectivity index (χ3n) is 9.23. The van der Waals surface area contributed by atoms with E-state index in [-0.39, 0.29) is 23.0 Å². The topological polar surface area (TPSA) is 80.8 Å². The van der Waals surface area contributed by atoms with Crippen LogP contribution in [0.3, 0.4) is 0 Å². The molecule has 0 N–H and O–H groups in total. The maximum Gasteiger partial charge on any atom is 0.332 e. The Morgan fingerprint density at radius 3 is 2.23 bits per heavy atom. The van der Waals surface area contributed by atoms with Crippen LogP contribution in [0.25, 0.3) is 0 Å². The van der Waals surface area contributed by atoms with Gasteiger partial charge in [0.1, 0.15) is 5.54 Å². The Labute approximate surface area is 267 Å². The van der Waals surface area contributed by atoms with E-state index in [9.17, 15) is 9.59 Å². The van der Waals surface area contributed by atoms with Gasteiger partial charge in [0.25, 0.3) is 5.91 Å². The van der Waals surface area contributed by atoms with Crippen molar-refractivity contribution in [3.63, 3.8) is 0 Å². The highest BCUT2D eigenvalue weighted by molar-refractivity contribution is 6.42. The van der Waals surface area contributed by atoms with Crippen molar-refractivity contribution in [1.82, 2.24) is 9.80 Å². The molecule has 3 aliphatic heterocycles. The summed E-state index contributed by atoms with van der Waals surface area (Å²) in [5.74, 6) is 2.31. The van der Waals surface area contributed by atoms with Crippen LogP contribution in [0.4, 0.5) is 10.5 Å². The molecule has 44 heavy (non-hydrogen) atoms. The van der Waals surface area contributed by atoms with Crippen LogP contribution >= 0.6 is 23.2 Å². The molecule has 11 heteroatoms. The third kappa shape index (κ3) is 5.01. The lowest BCUT2D eigenvalue weighted by Crippen LogP contribution is -2.58. The summed E-state index contributed by atoms with van der Waals surface area (Å²) in [6.07, 6.45) is 2.35. The van der Waals surface area contributed by atoms with Crippen LogP contribution in [0.2, 0.25) is 10.0 Å². The number of ether oxygens (including phenoxy) is 4. The van der Waals surface area contributed by atoms with Crippen LogP contribution in [-0.2, 0) is 17.6 Å². The molecule has 1 spiro atoms. The number of amides is 3. The van der Waals surface area contributed by atoms with Crippen molar-refractivity contribution in [1.29, 1.82) is 0 Å². The number of halogens is 2. The summed E-state index contributed by atoms with van der Waals surface area (Å²) in [5, 5.41) is 0.630. The minimum absolute atomic E-state index is 0.0820. The molecule has 2 atom stereocenters. The zero-order chi connectivity index (χ0) is 31.2. The number of carbonyl (C=O) groups excluding carboxylic acids is 2. The van der Waals surface area contributed by atoms with Gasteiger partial charge in [-0.05, 0) is 84.8 Å². The second-order valence-electron chi connectivity index (χ2n) is 11.3. The highest BCUT2D eigenvalue weighted by Gasteiger charge is 2.60. The molecule has 2 saturated heterocycles. The highest BCUT2D eigenvalue weighted by Crippen LogP contribution is 2.49. The summed E-state index contributed by atoms with van der Waals surface area (Å²) >= 11 is 12.5. The number of anilines is 1. The lowest BCUT2D eigenvalue weighted by atomic mass is 9.76. The average molecular weight is 641 g/mol. The minimum Gasteiger partial charge on any atom is -0.493 e. The number of methoxy groups -OCH3 is 4. The quantitative estimate of drug-likeness (QED) is 0.273. The van der Waals surface area contributed by atoms with Gasteiger partial charge >= 0.3 is 6.03 Å². The fourth-order valence-electron chi connectivity index (χ4n) is 6.93. The maximum atomic E-state index is 14.6.